The molecular weight excluding hydrogens is 274 g/mol. The Morgan fingerprint density at radius 2 is 2.10 bits per heavy atom. The minimum atomic E-state index is -0.0313. The van der Waals surface area contributed by atoms with Gasteiger partial charge in [0.2, 0.25) is 5.91 Å². The van der Waals surface area contributed by atoms with Gasteiger partial charge < -0.3 is 15.5 Å². The number of hydrogen-bond donors (Lipinski definition) is 2. The molecular formula is C15H30ClN3O. The number of amides is 1. The highest BCUT2D eigenvalue weighted by Gasteiger charge is 2.38. The highest BCUT2D eigenvalue weighted by Crippen LogP contribution is 2.30. The molecule has 0 saturated carbocycles. The van der Waals surface area contributed by atoms with E-state index in [9.17, 15) is 4.79 Å². The monoisotopic (exact) mass is 303 g/mol. The second-order valence-electron chi connectivity index (χ2n) is 7.04. The fourth-order valence-electron chi connectivity index (χ4n) is 3.36. The fourth-order valence-corrected chi connectivity index (χ4v) is 3.36. The van der Waals surface area contributed by atoms with Crippen LogP contribution in [0.2, 0.25) is 0 Å². The van der Waals surface area contributed by atoms with Crippen molar-refractivity contribution in [2.24, 2.45) is 5.41 Å². The quantitative estimate of drug-likeness (QED) is 0.817. The van der Waals surface area contributed by atoms with Crippen LogP contribution in [0.25, 0.3) is 0 Å². The van der Waals surface area contributed by atoms with Crippen molar-refractivity contribution in [3.8, 4) is 0 Å². The molecule has 3 atom stereocenters. The molecule has 1 amide bonds. The molecule has 118 valence electrons. The van der Waals surface area contributed by atoms with Crippen LogP contribution in [0.4, 0.5) is 0 Å². The van der Waals surface area contributed by atoms with Crippen LogP contribution in [0, 0.1) is 5.41 Å². The van der Waals surface area contributed by atoms with E-state index in [4.69, 9.17) is 0 Å². The highest BCUT2D eigenvalue weighted by atomic mass is 35.5. The topological polar surface area (TPSA) is 44.4 Å². The Hall–Kier alpha value is -0.320. The van der Waals surface area contributed by atoms with Gasteiger partial charge in [-0.2, -0.15) is 0 Å². The Bertz CT molecular complexity index is 335. The number of carbonyl (C=O) groups excluding carboxylic acids is 1. The molecule has 2 rings (SSSR count). The summed E-state index contributed by atoms with van der Waals surface area (Å²) in [5, 5.41) is 6.66. The van der Waals surface area contributed by atoms with Crippen molar-refractivity contribution in [3.63, 3.8) is 0 Å². The number of nitrogens with zero attached hydrogens (tertiary/aromatic N) is 1. The first-order valence-electron chi connectivity index (χ1n) is 7.64. The van der Waals surface area contributed by atoms with Crippen molar-refractivity contribution in [2.45, 2.75) is 64.6 Å². The average Bonchev–Trinajstić information content (AvgIpc) is 2.33. The molecule has 0 aromatic carbocycles. The summed E-state index contributed by atoms with van der Waals surface area (Å²) in [6.45, 7) is 8.67. The van der Waals surface area contributed by atoms with E-state index in [1.165, 1.54) is 6.42 Å². The van der Waals surface area contributed by atoms with E-state index >= 15 is 0 Å². The van der Waals surface area contributed by atoms with Crippen LogP contribution in [0.1, 0.15) is 46.5 Å². The molecule has 2 aliphatic rings. The minimum absolute atomic E-state index is 0. The molecule has 5 heteroatoms. The summed E-state index contributed by atoms with van der Waals surface area (Å²) in [7, 11) is 2.16. The largest absolute Gasteiger partial charge is 0.352 e. The Morgan fingerprint density at radius 1 is 1.40 bits per heavy atom. The zero-order valence-electron chi connectivity index (χ0n) is 13.2. The van der Waals surface area contributed by atoms with Gasteiger partial charge in [-0.05, 0) is 51.6 Å². The third-order valence-corrected chi connectivity index (χ3v) is 4.94. The Kier molecular flexibility index (Phi) is 6.29. The maximum absolute atomic E-state index is 12.5. The lowest BCUT2D eigenvalue weighted by atomic mass is 9.77. The van der Waals surface area contributed by atoms with Gasteiger partial charge in [0.15, 0.2) is 0 Å². The molecule has 20 heavy (non-hydrogen) atoms. The first-order chi connectivity index (χ1) is 8.90. The minimum Gasteiger partial charge on any atom is -0.352 e. The summed E-state index contributed by atoms with van der Waals surface area (Å²) in [6.07, 6.45) is 4.43. The predicted octanol–water partition coefficient (Wildman–Crippen LogP) is 1.79. The maximum Gasteiger partial charge on any atom is 0.237 e. The molecule has 0 aliphatic carbocycles. The van der Waals surface area contributed by atoms with Crippen LogP contribution in [-0.4, -0.2) is 49.1 Å². The number of rotatable bonds is 2. The highest BCUT2D eigenvalue weighted by molar-refractivity contribution is 5.85. The van der Waals surface area contributed by atoms with E-state index in [1.807, 2.05) is 0 Å². The van der Waals surface area contributed by atoms with Crippen molar-refractivity contribution in [2.75, 3.05) is 20.1 Å². The lowest BCUT2D eigenvalue weighted by molar-refractivity contribution is -0.127. The van der Waals surface area contributed by atoms with E-state index < -0.39 is 0 Å². The third kappa shape index (κ3) is 4.09. The number of nitrogens with one attached hydrogen (secondary N) is 2. The Balaban J connectivity index is 0.00000200. The summed E-state index contributed by atoms with van der Waals surface area (Å²) in [5.41, 5.74) is 0.0689. The second kappa shape index (κ2) is 7.10. The van der Waals surface area contributed by atoms with Crippen molar-refractivity contribution in [3.05, 3.63) is 0 Å². The smallest absolute Gasteiger partial charge is 0.237 e. The van der Waals surface area contributed by atoms with Gasteiger partial charge in [0.1, 0.15) is 0 Å². The molecule has 2 fully saturated rings. The number of piperidine rings is 2. The summed E-state index contributed by atoms with van der Waals surface area (Å²) in [6, 6.07) is 0.876. The molecule has 0 aromatic heterocycles. The van der Waals surface area contributed by atoms with Crippen LogP contribution < -0.4 is 10.6 Å². The maximum atomic E-state index is 12.5. The van der Waals surface area contributed by atoms with E-state index in [-0.39, 0.29) is 29.8 Å². The van der Waals surface area contributed by atoms with E-state index in [0.717, 1.165) is 32.4 Å². The molecule has 0 bridgehead atoms. The van der Waals surface area contributed by atoms with Gasteiger partial charge >= 0.3 is 0 Å². The van der Waals surface area contributed by atoms with Gasteiger partial charge in [0.05, 0.1) is 6.04 Å². The summed E-state index contributed by atoms with van der Waals surface area (Å²) >= 11 is 0. The first kappa shape index (κ1) is 17.7. The van der Waals surface area contributed by atoms with E-state index in [0.29, 0.717) is 12.1 Å². The summed E-state index contributed by atoms with van der Waals surface area (Å²) in [5.74, 6) is 0.200. The second-order valence-corrected chi connectivity index (χ2v) is 7.04. The number of carbonyl (C=O) groups is 1. The molecule has 3 unspecified atom stereocenters. The van der Waals surface area contributed by atoms with Crippen molar-refractivity contribution < 1.29 is 4.79 Å². The van der Waals surface area contributed by atoms with Crippen molar-refractivity contribution in [1.29, 1.82) is 0 Å². The number of halogens is 1. The molecule has 2 aliphatic heterocycles. The molecule has 4 nitrogen and oxygen atoms in total. The molecule has 0 aromatic rings. The van der Waals surface area contributed by atoms with Crippen LogP contribution in [0.15, 0.2) is 0 Å². The predicted molar refractivity (Wildman–Crippen MR) is 85.3 cm³/mol. The number of hydrogen-bond acceptors (Lipinski definition) is 3. The number of likely N-dealkylation sites (tertiary alicyclic amines) is 1. The zero-order chi connectivity index (χ0) is 14.0. The first-order valence-corrected chi connectivity index (χ1v) is 7.64. The van der Waals surface area contributed by atoms with Gasteiger partial charge in [-0.3, -0.25) is 4.79 Å². The Morgan fingerprint density at radius 3 is 2.70 bits per heavy atom. The van der Waals surface area contributed by atoms with Crippen LogP contribution in [0.5, 0.6) is 0 Å². The SMILES string of the molecule is CC1CC(NC(=O)C2NCCCC2(C)C)CCN1C.Cl. The Labute approximate surface area is 129 Å². The van der Waals surface area contributed by atoms with Gasteiger partial charge in [-0.1, -0.05) is 13.8 Å². The molecule has 0 spiro atoms. The van der Waals surface area contributed by atoms with Crippen LogP contribution in [-0.2, 0) is 4.79 Å². The van der Waals surface area contributed by atoms with Crippen molar-refractivity contribution >= 4 is 18.3 Å². The molecule has 2 N–H and O–H groups in total. The van der Waals surface area contributed by atoms with Crippen LogP contribution in [0.3, 0.4) is 0 Å². The molecule has 0 radical (unpaired) electrons. The summed E-state index contributed by atoms with van der Waals surface area (Å²) in [4.78, 5) is 14.8. The van der Waals surface area contributed by atoms with Crippen LogP contribution >= 0.6 is 12.4 Å². The molecule has 2 heterocycles. The van der Waals surface area contributed by atoms with E-state index in [2.05, 4.69) is 43.4 Å². The standard InChI is InChI=1S/C15H29N3O.ClH/c1-11-10-12(6-9-18(11)4)17-14(19)13-15(2,3)7-5-8-16-13;/h11-13,16H,5-10H2,1-4H3,(H,17,19);1H. The third-order valence-electron chi connectivity index (χ3n) is 4.94. The van der Waals surface area contributed by atoms with Crippen molar-refractivity contribution in [1.82, 2.24) is 15.5 Å². The lowest BCUT2D eigenvalue weighted by Crippen LogP contribution is -2.58. The zero-order valence-corrected chi connectivity index (χ0v) is 14.1. The lowest BCUT2D eigenvalue weighted by Gasteiger charge is -2.40. The fraction of sp³-hybridized carbons (Fsp3) is 0.933. The van der Waals surface area contributed by atoms with E-state index in [1.54, 1.807) is 0 Å². The summed E-state index contributed by atoms with van der Waals surface area (Å²) < 4.78 is 0. The van der Waals surface area contributed by atoms with Gasteiger partial charge in [0.25, 0.3) is 0 Å². The van der Waals surface area contributed by atoms with Gasteiger partial charge in [0, 0.05) is 18.6 Å². The van der Waals surface area contributed by atoms with Gasteiger partial charge in [-0.15, -0.1) is 12.4 Å². The normalized spacial score (nSPS) is 34.1. The van der Waals surface area contributed by atoms with Gasteiger partial charge in [-0.25, -0.2) is 0 Å². The average molecular weight is 304 g/mol. The molecule has 2 saturated heterocycles.